The van der Waals surface area contributed by atoms with Gasteiger partial charge in [-0.05, 0) is 55.8 Å². The number of carbonyl (C=O) groups excluding carboxylic acids is 1. The van der Waals surface area contributed by atoms with E-state index in [1.807, 2.05) is 50.2 Å². The second-order valence-corrected chi connectivity index (χ2v) is 8.21. The second kappa shape index (κ2) is 8.85. The highest BCUT2D eigenvalue weighted by molar-refractivity contribution is 7.98. The molecule has 0 aliphatic carbocycles. The van der Waals surface area contributed by atoms with E-state index in [-0.39, 0.29) is 11.9 Å². The summed E-state index contributed by atoms with van der Waals surface area (Å²) in [5, 5.41) is 15.0. The Kier molecular flexibility index (Phi) is 6.28. The predicted molar refractivity (Wildman–Crippen MR) is 110 cm³/mol. The number of nitriles is 1. The SMILES string of the molecule is Cc1nc(CSc2ccc(C(=O)NC(C)c3ccc(C#N)cc3)cc2)cs1. The molecule has 0 aliphatic rings. The number of thiazole rings is 1. The minimum atomic E-state index is -0.132. The van der Waals surface area contributed by atoms with Gasteiger partial charge in [-0.2, -0.15) is 5.26 Å². The van der Waals surface area contributed by atoms with Crippen LogP contribution in [0.25, 0.3) is 0 Å². The lowest BCUT2D eigenvalue weighted by Gasteiger charge is -2.14. The first-order valence-corrected chi connectivity index (χ1v) is 10.4. The van der Waals surface area contributed by atoms with Crippen LogP contribution in [0.15, 0.2) is 58.8 Å². The second-order valence-electron chi connectivity index (χ2n) is 6.10. The Hall–Kier alpha value is -2.62. The van der Waals surface area contributed by atoms with Gasteiger partial charge in [0.1, 0.15) is 0 Å². The number of hydrogen-bond donors (Lipinski definition) is 1. The van der Waals surface area contributed by atoms with Crippen LogP contribution in [0.4, 0.5) is 0 Å². The summed E-state index contributed by atoms with van der Waals surface area (Å²) in [6.45, 7) is 3.93. The van der Waals surface area contributed by atoms with E-state index in [0.29, 0.717) is 11.1 Å². The lowest BCUT2D eigenvalue weighted by Crippen LogP contribution is -2.26. The highest BCUT2D eigenvalue weighted by Crippen LogP contribution is 2.24. The molecule has 1 heterocycles. The van der Waals surface area contributed by atoms with Crippen LogP contribution in [0.1, 0.15) is 45.2 Å². The number of carbonyl (C=O) groups is 1. The maximum Gasteiger partial charge on any atom is 0.251 e. The van der Waals surface area contributed by atoms with Crippen LogP contribution in [0.3, 0.4) is 0 Å². The van der Waals surface area contributed by atoms with Crippen molar-refractivity contribution in [2.24, 2.45) is 0 Å². The van der Waals surface area contributed by atoms with Crippen LogP contribution >= 0.6 is 23.1 Å². The molecule has 1 unspecified atom stereocenters. The number of nitrogens with zero attached hydrogens (tertiary/aromatic N) is 2. The molecule has 1 amide bonds. The van der Waals surface area contributed by atoms with Crippen molar-refractivity contribution in [3.05, 3.63) is 81.3 Å². The molecule has 0 saturated carbocycles. The number of hydrogen-bond acceptors (Lipinski definition) is 5. The molecule has 1 N–H and O–H groups in total. The largest absolute Gasteiger partial charge is 0.346 e. The van der Waals surface area contributed by atoms with E-state index in [0.717, 1.165) is 26.9 Å². The van der Waals surface area contributed by atoms with Gasteiger partial charge in [0.15, 0.2) is 0 Å². The molecule has 3 rings (SSSR count). The molecule has 1 atom stereocenters. The predicted octanol–water partition coefficient (Wildman–Crippen LogP) is 5.11. The summed E-state index contributed by atoms with van der Waals surface area (Å²) in [4.78, 5) is 18.0. The monoisotopic (exact) mass is 393 g/mol. The standard InChI is InChI=1S/C21H19N3OS2/c1-14(17-5-3-16(11-22)4-6-17)23-21(25)18-7-9-20(10-8-18)27-13-19-12-26-15(2)24-19/h3-10,12,14H,13H2,1-2H3,(H,23,25). The molecule has 6 heteroatoms. The zero-order valence-corrected chi connectivity index (χ0v) is 16.7. The van der Waals surface area contributed by atoms with Gasteiger partial charge in [-0.1, -0.05) is 12.1 Å². The first-order valence-electron chi connectivity index (χ1n) is 8.50. The highest BCUT2D eigenvalue weighted by atomic mass is 32.2. The number of aromatic nitrogens is 1. The number of benzene rings is 2. The minimum absolute atomic E-state index is 0.112. The highest BCUT2D eigenvalue weighted by Gasteiger charge is 2.11. The topological polar surface area (TPSA) is 65.8 Å². The van der Waals surface area contributed by atoms with E-state index in [9.17, 15) is 4.79 Å². The Labute approximate surface area is 167 Å². The Morgan fingerprint density at radius 1 is 1.22 bits per heavy atom. The van der Waals surface area contributed by atoms with Gasteiger partial charge in [0, 0.05) is 21.6 Å². The van der Waals surface area contributed by atoms with Gasteiger partial charge in [-0.25, -0.2) is 4.98 Å². The lowest BCUT2D eigenvalue weighted by atomic mass is 10.1. The zero-order chi connectivity index (χ0) is 19.2. The number of thioether (sulfide) groups is 1. The number of nitrogens with one attached hydrogen (secondary N) is 1. The molecular formula is C21H19N3OS2. The summed E-state index contributed by atoms with van der Waals surface area (Å²) in [6, 6.07) is 16.8. The Morgan fingerprint density at radius 2 is 1.93 bits per heavy atom. The maximum absolute atomic E-state index is 12.5. The molecule has 4 nitrogen and oxygen atoms in total. The van der Waals surface area contributed by atoms with Gasteiger partial charge >= 0.3 is 0 Å². The summed E-state index contributed by atoms with van der Waals surface area (Å²) >= 11 is 3.37. The van der Waals surface area contributed by atoms with Crippen molar-refractivity contribution in [3.8, 4) is 6.07 Å². The van der Waals surface area contributed by atoms with Crippen molar-refractivity contribution in [1.82, 2.24) is 10.3 Å². The molecule has 27 heavy (non-hydrogen) atoms. The van der Waals surface area contributed by atoms with Gasteiger partial charge in [0.2, 0.25) is 0 Å². The summed E-state index contributed by atoms with van der Waals surface area (Å²) in [5.74, 6) is 0.713. The van der Waals surface area contributed by atoms with E-state index in [1.54, 1.807) is 35.2 Å². The smallest absolute Gasteiger partial charge is 0.251 e. The Balaban J connectivity index is 1.57. The maximum atomic E-state index is 12.5. The van der Waals surface area contributed by atoms with Gasteiger partial charge in [0.05, 0.1) is 28.4 Å². The van der Waals surface area contributed by atoms with E-state index in [1.165, 1.54) is 0 Å². The molecule has 3 aromatic rings. The fourth-order valence-electron chi connectivity index (χ4n) is 2.54. The van der Waals surface area contributed by atoms with Crippen LogP contribution in [0.5, 0.6) is 0 Å². The fourth-order valence-corrected chi connectivity index (χ4v) is 4.05. The van der Waals surface area contributed by atoms with Crippen LogP contribution in [-0.4, -0.2) is 10.9 Å². The summed E-state index contributed by atoms with van der Waals surface area (Å²) < 4.78 is 0. The van der Waals surface area contributed by atoms with Crippen LogP contribution in [0, 0.1) is 18.3 Å². The van der Waals surface area contributed by atoms with Crippen molar-refractivity contribution >= 4 is 29.0 Å². The zero-order valence-electron chi connectivity index (χ0n) is 15.1. The molecule has 0 saturated heterocycles. The van der Waals surface area contributed by atoms with Gasteiger partial charge in [-0.15, -0.1) is 23.1 Å². The first-order chi connectivity index (χ1) is 13.0. The minimum Gasteiger partial charge on any atom is -0.346 e. The van der Waals surface area contributed by atoms with E-state index >= 15 is 0 Å². The molecule has 1 aromatic heterocycles. The van der Waals surface area contributed by atoms with Crippen molar-refractivity contribution in [2.45, 2.75) is 30.5 Å². The molecule has 2 aromatic carbocycles. The molecule has 0 bridgehead atoms. The van der Waals surface area contributed by atoms with Crippen molar-refractivity contribution in [1.29, 1.82) is 5.26 Å². The Morgan fingerprint density at radius 3 is 2.52 bits per heavy atom. The molecule has 136 valence electrons. The van der Waals surface area contributed by atoms with Gasteiger partial charge in [-0.3, -0.25) is 4.79 Å². The number of aryl methyl sites for hydroxylation is 1. The van der Waals surface area contributed by atoms with Gasteiger partial charge < -0.3 is 5.32 Å². The number of amides is 1. The molecule has 0 fully saturated rings. The average molecular weight is 394 g/mol. The summed E-state index contributed by atoms with van der Waals surface area (Å²) in [6.07, 6.45) is 0. The average Bonchev–Trinajstić information content (AvgIpc) is 3.12. The molecule has 0 radical (unpaired) electrons. The van der Waals surface area contributed by atoms with Crippen molar-refractivity contribution < 1.29 is 4.79 Å². The normalized spacial score (nSPS) is 11.6. The van der Waals surface area contributed by atoms with E-state index in [4.69, 9.17) is 5.26 Å². The third-order valence-electron chi connectivity index (χ3n) is 4.06. The summed E-state index contributed by atoms with van der Waals surface area (Å²) in [5.41, 5.74) is 3.29. The number of rotatable bonds is 6. The Bertz CT molecular complexity index is 956. The van der Waals surface area contributed by atoms with Crippen LogP contribution in [-0.2, 0) is 5.75 Å². The third-order valence-corrected chi connectivity index (χ3v) is 5.93. The van der Waals surface area contributed by atoms with E-state index < -0.39 is 0 Å². The quantitative estimate of drug-likeness (QED) is 0.591. The first kappa shape index (κ1) is 19.2. The summed E-state index contributed by atoms with van der Waals surface area (Å²) in [7, 11) is 0. The van der Waals surface area contributed by atoms with E-state index in [2.05, 4.69) is 21.8 Å². The van der Waals surface area contributed by atoms with Crippen LogP contribution < -0.4 is 5.32 Å². The fraction of sp³-hybridized carbons (Fsp3) is 0.190. The molecule has 0 spiro atoms. The lowest BCUT2D eigenvalue weighted by molar-refractivity contribution is 0.0940. The van der Waals surface area contributed by atoms with Crippen LogP contribution in [0.2, 0.25) is 0 Å². The van der Waals surface area contributed by atoms with Crippen molar-refractivity contribution in [2.75, 3.05) is 0 Å². The molecular weight excluding hydrogens is 374 g/mol. The van der Waals surface area contributed by atoms with Gasteiger partial charge in [0.25, 0.3) is 5.91 Å². The third kappa shape index (κ3) is 5.19. The van der Waals surface area contributed by atoms with Crippen molar-refractivity contribution in [3.63, 3.8) is 0 Å². The molecule has 0 aliphatic heterocycles.